The molecule has 1 atom stereocenters. The zero-order valence-corrected chi connectivity index (χ0v) is 25.7. The third-order valence-corrected chi connectivity index (χ3v) is 8.93. The first-order chi connectivity index (χ1) is 19.3. The molecule has 2 amide bonds. The third kappa shape index (κ3) is 8.21. The Morgan fingerprint density at radius 3 is 2.22 bits per heavy atom. The first-order valence-corrected chi connectivity index (χ1v) is 15.4. The van der Waals surface area contributed by atoms with E-state index in [0.29, 0.717) is 17.1 Å². The minimum atomic E-state index is -4.37. The molecular formula is C30H34Cl2FN3O4S. The van der Waals surface area contributed by atoms with Gasteiger partial charge in [-0.05, 0) is 61.2 Å². The minimum absolute atomic E-state index is 0.0565. The van der Waals surface area contributed by atoms with Crippen molar-refractivity contribution in [1.29, 1.82) is 0 Å². The summed E-state index contributed by atoms with van der Waals surface area (Å²) in [4.78, 5) is 28.5. The largest absolute Gasteiger partial charge is 0.354 e. The molecule has 0 aliphatic carbocycles. The number of nitrogens with one attached hydrogen (secondary N) is 1. The van der Waals surface area contributed by atoms with E-state index in [2.05, 4.69) is 5.32 Å². The van der Waals surface area contributed by atoms with Crippen LogP contribution in [0.15, 0.2) is 71.6 Å². The highest BCUT2D eigenvalue weighted by molar-refractivity contribution is 7.92. The van der Waals surface area contributed by atoms with Crippen LogP contribution in [0, 0.1) is 18.7 Å². The van der Waals surface area contributed by atoms with Gasteiger partial charge in [0, 0.05) is 13.1 Å². The summed E-state index contributed by atoms with van der Waals surface area (Å²) in [5, 5.41) is 3.45. The molecule has 3 rings (SSSR count). The van der Waals surface area contributed by atoms with Gasteiger partial charge >= 0.3 is 0 Å². The Morgan fingerprint density at radius 2 is 1.63 bits per heavy atom. The average molecular weight is 623 g/mol. The molecule has 0 bridgehead atoms. The summed E-state index contributed by atoms with van der Waals surface area (Å²) < 4.78 is 43.4. The second-order valence-electron chi connectivity index (χ2n) is 10.1. The lowest BCUT2D eigenvalue weighted by Gasteiger charge is -2.33. The highest BCUT2D eigenvalue weighted by Crippen LogP contribution is 2.28. The van der Waals surface area contributed by atoms with E-state index in [4.69, 9.17) is 23.2 Å². The van der Waals surface area contributed by atoms with E-state index in [0.717, 1.165) is 15.9 Å². The van der Waals surface area contributed by atoms with Crippen molar-refractivity contribution in [2.45, 2.75) is 51.6 Å². The molecule has 0 heterocycles. The molecule has 0 aliphatic rings. The van der Waals surface area contributed by atoms with E-state index < -0.39 is 34.3 Å². The highest BCUT2D eigenvalue weighted by atomic mass is 35.5. The van der Waals surface area contributed by atoms with Gasteiger partial charge < -0.3 is 10.2 Å². The molecule has 7 nitrogen and oxygen atoms in total. The number of halogens is 3. The van der Waals surface area contributed by atoms with Crippen molar-refractivity contribution < 1.29 is 22.4 Å². The number of carbonyl (C=O) groups is 2. The normalized spacial score (nSPS) is 12.2. The maximum absolute atomic E-state index is 15.0. The van der Waals surface area contributed by atoms with Crippen molar-refractivity contribution in [3.63, 3.8) is 0 Å². The first kappa shape index (κ1) is 32.4. The quantitative estimate of drug-likeness (QED) is 0.260. The van der Waals surface area contributed by atoms with Crippen molar-refractivity contribution >= 4 is 50.7 Å². The first-order valence-electron chi connectivity index (χ1n) is 13.2. The predicted octanol–water partition coefficient (Wildman–Crippen LogP) is 6.22. The van der Waals surface area contributed by atoms with Crippen LogP contribution in [0.1, 0.15) is 38.3 Å². The number of rotatable bonds is 12. The van der Waals surface area contributed by atoms with E-state index in [9.17, 15) is 18.0 Å². The monoisotopic (exact) mass is 621 g/mol. The van der Waals surface area contributed by atoms with Gasteiger partial charge in [0.1, 0.15) is 18.4 Å². The molecule has 3 aromatic rings. The molecule has 0 unspecified atom stereocenters. The Balaban J connectivity index is 2.07. The van der Waals surface area contributed by atoms with Crippen molar-refractivity contribution in [2.24, 2.45) is 5.92 Å². The molecular weight excluding hydrogens is 588 g/mol. The Morgan fingerprint density at radius 1 is 0.976 bits per heavy atom. The summed E-state index contributed by atoms with van der Waals surface area (Å²) in [5.41, 5.74) is 1.14. The molecule has 0 spiro atoms. The van der Waals surface area contributed by atoms with Crippen LogP contribution in [0.5, 0.6) is 0 Å². The fourth-order valence-electron chi connectivity index (χ4n) is 4.18. The lowest BCUT2D eigenvalue weighted by atomic mass is 10.1. The number of nitrogens with zero attached hydrogens (tertiary/aromatic N) is 2. The van der Waals surface area contributed by atoms with E-state index in [1.54, 1.807) is 37.3 Å². The van der Waals surface area contributed by atoms with Crippen LogP contribution in [-0.4, -0.2) is 44.3 Å². The average Bonchev–Trinajstić information content (AvgIpc) is 2.93. The van der Waals surface area contributed by atoms with Gasteiger partial charge in [0.05, 0.1) is 20.6 Å². The number of aryl methyl sites for hydroxylation is 1. The Labute approximate surface area is 251 Å². The van der Waals surface area contributed by atoms with Gasteiger partial charge in [-0.15, -0.1) is 0 Å². The number of benzene rings is 3. The Kier molecular flexibility index (Phi) is 11.2. The lowest BCUT2D eigenvalue weighted by molar-refractivity contribution is -0.140. The zero-order valence-electron chi connectivity index (χ0n) is 23.4. The molecule has 11 heteroatoms. The Hall–Kier alpha value is -3.14. The zero-order chi connectivity index (χ0) is 30.3. The van der Waals surface area contributed by atoms with Crippen LogP contribution in [0.25, 0.3) is 0 Å². The summed E-state index contributed by atoms with van der Waals surface area (Å²) >= 11 is 12.3. The number of amides is 2. The summed E-state index contributed by atoms with van der Waals surface area (Å²) in [6.07, 6.45) is 0.251. The second kappa shape index (κ2) is 14.2. The molecule has 3 aromatic carbocycles. The molecule has 1 N–H and O–H groups in total. The third-order valence-electron chi connectivity index (χ3n) is 6.42. The van der Waals surface area contributed by atoms with Crippen molar-refractivity contribution in [3.8, 4) is 0 Å². The molecule has 0 saturated heterocycles. The van der Waals surface area contributed by atoms with Gasteiger partial charge in [0.2, 0.25) is 11.8 Å². The van der Waals surface area contributed by atoms with Gasteiger partial charge in [-0.3, -0.25) is 13.9 Å². The number of hydrogen-bond acceptors (Lipinski definition) is 4. The standard InChI is InChI=1S/C30H34Cl2FN3O4S/c1-5-27(30(38)34-17-20(2)3)35(18-22-12-15-24(31)25(32)16-22)29(37)19-36(28-9-7-6-8-26(28)33)41(39,40)23-13-10-21(4)11-14-23/h6-16,20,27H,5,17-19H2,1-4H3,(H,34,38)/t27-/m0/s1. The van der Waals surface area contributed by atoms with Gasteiger partial charge in [0.15, 0.2) is 0 Å². The van der Waals surface area contributed by atoms with E-state index in [1.807, 2.05) is 20.8 Å². The predicted molar refractivity (Wildman–Crippen MR) is 161 cm³/mol. The topological polar surface area (TPSA) is 86.8 Å². The maximum atomic E-state index is 15.0. The van der Waals surface area contributed by atoms with Gasteiger partial charge in [0.25, 0.3) is 10.0 Å². The van der Waals surface area contributed by atoms with Crippen molar-refractivity contribution in [3.05, 3.63) is 93.7 Å². The molecule has 0 radical (unpaired) electrons. The lowest BCUT2D eigenvalue weighted by Crippen LogP contribution is -2.52. The smallest absolute Gasteiger partial charge is 0.264 e. The van der Waals surface area contributed by atoms with Crippen LogP contribution in [0.2, 0.25) is 10.0 Å². The summed E-state index contributed by atoms with van der Waals surface area (Å²) in [6.45, 7) is 7.06. The maximum Gasteiger partial charge on any atom is 0.264 e. The number of sulfonamides is 1. The van der Waals surface area contributed by atoms with Crippen LogP contribution in [-0.2, 0) is 26.2 Å². The van der Waals surface area contributed by atoms with Crippen molar-refractivity contribution in [1.82, 2.24) is 10.2 Å². The van der Waals surface area contributed by atoms with Crippen LogP contribution < -0.4 is 9.62 Å². The van der Waals surface area contributed by atoms with E-state index in [1.165, 1.54) is 35.2 Å². The molecule has 0 saturated carbocycles. The molecule has 0 aromatic heterocycles. The molecule has 41 heavy (non-hydrogen) atoms. The highest BCUT2D eigenvalue weighted by Gasteiger charge is 2.34. The Bertz CT molecular complexity index is 1480. The minimum Gasteiger partial charge on any atom is -0.354 e. The molecule has 220 valence electrons. The molecule has 0 fully saturated rings. The number of para-hydroxylation sites is 1. The van der Waals surface area contributed by atoms with Gasteiger partial charge in [-0.25, -0.2) is 12.8 Å². The van der Waals surface area contributed by atoms with Crippen LogP contribution >= 0.6 is 23.2 Å². The van der Waals surface area contributed by atoms with Crippen LogP contribution in [0.4, 0.5) is 10.1 Å². The summed E-state index contributed by atoms with van der Waals surface area (Å²) in [7, 11) is -4.37. The molecule has 0 aliphatic heterocycles. The number of hydrogen-bond donors (Lipinski definition) is 1. The number of anilines is 1. The van der Waals surface area contributed by atoms with Crippen LogP contribution in [0.3, 0.4) is 0 Å². The van der Waals surface area contributed by atoms with Gasteiger partial charge in [-0.2, -0.15) is 0 Å². The fraction of sp³-hybridized carbons (Fsp3) is 0.333. The van der Waals surface area contributed by atoms with Crippen molar-refractivity contribution in [2.75, 3.05) is 17.4 Å². The van der Waals surface area contributed by atoms with Gasteiger partial charge in [-0.1, -0.05) is 79.9 Å². The fourth-order valence-corrected chi connectivity index (χ4v) is 5.92. The summed E-state index contributed by atoms with van der Waals surface area (Å²) in [6, 6.07) is 15.3. The number of carbonyl (C=O) groups excluding carboxylic acids is 2. The second-order valence-corrected chi connectivity index (χ2v) is 12.8. The van der Waals surface area contributed by atoms with E-state index in [-0.39, 0.29) is 40.4 Å². The van der Waals surface area contributed by atoms with E-state index >= 15 is 4.39 Å². The SMILES string of the molecule is CC[C@@H](C(=O)NCC(C)C)N(Cc1ccc(Cl)c(Cl)c1)C(=O)CN(c1ccccc1F)S(=O)(=O)c1ccc(C)cc1. The summed E-state index contributed by atoms with van der Waals surface area (Å²) in [5.74, 6) is -1.71.